The van der Waals surface area contributed by atoms with E-state index < -0.39 is 0 Å². The van der Waals surface area contributed by atoms with Crippen molar-refractivity contribution in [3.05, 3.63) is 76.0 Å². The van der Waals surface area contributed by atoms with E-state index in [-0.39, 0.29) is 23.7 Å². The van der Waals surface area contributed by atoms with Crippen molar-refractivity contribution in [2.45, 2.75) is 19.8 Å². The number of rotatable bonds is 7. The molecule has 0 bridgehead atoms. The lowest BCUT2D eigenvalue weighted by Crippen LogP contribution is -2.28. The minimum absolute atomic E-state index is 0.110. The fourth-order valence-electron chi connectivity index (χ4n) is 2.99. The lowest BCUT2D eigenvalue weighted by Gasteiger charge is -2.15. The first-order valence-corrected chi connectivity index (χ1v) is 9.32. The highest BCUT2D eigenvalue weighted by molar-refractivity contribution is 5.80. The molecule has 0 atom stereocenters. The maximum Gasteiger partial charge on any atom is 0.299 e. The van der Waals surface area contributed by atoms with Crippen molar-refractivity contribution >= 4 is 17.4 Å². The second-order valence-corrected chi connectivity index (χ2v) is 6.61. The van der Waals surface area contributed by atoms with Gasteiger partial charge in [-0.25, -0.2) is 9.97 Å². The number of carbonyl (C=O) groups excluding carboxylic acids is 1. The first kappa shape index (κ1) is 20.1. The van der Waals surface area contributed by atoms with E-state index in [0.717, 1.165) is 6.42 Å². The van der Waals surface area contributed by atoms with Crippen molar-refractivity contribution < 1.29 is 4.79 Å². The zero-order chi connectivity index (χ0) is 20.8. The molecule has 0 spiro atoms. The van der Waals surface area contributed by atoms with Gasteiger partial charge < -0.3 is 16.4 Å². The van der Waals surface area contributed by atoms with E-state index in [1.54, 1.807) is 32.4 Å². The molecule has 1 amide bonds. The Kier molecular flexibility index (Phi) is 6.23. The van der Waals surface area contributed by atoms with Crippen LogP contribution in [0.15, 0.2) is 53.6 Å². The molecule has 8 heteroatoms. The van der Waals surface area contributed by atoms with Gasteiger partial charge in [0.1, 0.15) is 0 Å². The van der Waals surface area contributed by atoms with Crippen LogP contribution in [-0.4, -0.2) is 34.0 Å². The summed E-state index contributed by atoms with van der Waals surface area (Å²) in [6.45, 7) is 2.32. The zero-order valence-corrected chi connectivity index (χ0v) is 16.5. The number of carbonyl (C=O) groups is 1. The molecule has 4 N–H and O–H groups in total. The molecule has 3 rings (SSSR count). The average Bonchev–Trinajstić information content (AvgIpc) is 2.73. The van der Waals surface area contributed by atoms with E-state index in [2.05, 4.69) is 20.6 Å². The number of hydrogen-bond donors (Lipinski definition) is 3. The average molecular weight is 392 g/mol. The summed E-state index contributed by atoms with van der Waals surface area (Å²) in [4.78, 5) is 33.3. The lowest BCUT2D eigenvalue weighted by atomic mass is 10.1. The summed E-state index contributed by atoms with van der Waals surface area (Å²) in [5, 5.41) is 5.66. The van der Waals surface area contributed by atoms with E-state index >= 15 is 0 Å². The van der Waals surface area contributed by atoms with Crippen LogP contribution in [0.1, 0.15) is 16.8 Å². The molecule has 0 radical (unpaired) electrons. The number of aryl methyl sites for hydroxylation is 1. The highest BCUT2D eigenvalue weighted by Gasteiger charge is 2.16. The monoisotopic (exact) mass is 392 g/mol. The number of amides is 1. The minimum Gasteiger partial charge on any atom is -0.395 e. The third kappa shape index (κ3) is 4.60. The van der Waals surface area contributed by atoms with E-state index in [9.17, 15) is 9.59 Å². The molecule has 150 valence electrons. The molecule has 29 heavy (non-hydrogen) atoms. The standard InChI is InChI=1S/C21H24N6O2/c1-14-13-26-19(24-10-8-15-6-4-3-5-7-15)21(29)27(14)20-18(22)16(9-11-25-20)12-17(28)23-2/h3-7,9,11,13H,8,10,12,22H2,1-2H3,(H,23,28)(H,24,26). The number of likely N-dealkylation sites (N-methyl/N-ethyl adjacent to an activating group) is 1. The Balaban J connectivity index is 1.88. The summed E-state index contributed by atoms with van der Waals surface area (Å²) < 4.78 is 1.42. The van der Waals surface area contributed by atoms with Gasteiger partial charge in [0.2, 0.25) is 5.91 Å². The van der Waals surface area contributed by atoms with Crippen molar-refractivity contribution in [3.63, 3.8) is 0 Å². The number of anilines is 2. The Morgan fingerprint density at radius 3 is 2.66 bits per heavy atom. The van der Waals surface area contributed by atoms with Crippen LogP contribution < -0.4 is 21.9 Å². The normalized spacial score (nSPS) is 10.6. The van der Waals surface area contributed by atoms with Crippen LogP contribution in [0.3, 0.4) is 0 Å². The van der Waals surface area contributed by atoms with Crippen LogP contribution in [0.4, 0.5) is 11.5 Å². The third-order valence-corrected chi connectivity index (χ3v) is 4.59. The van der Waals surface area contributed by atoms with Crippen LogP contribution in [0, 0.1) is 6.92 Å². The van der Waals surface area contributed by atoms with Gasteiger partial charge >= 0.3 is 0 Å². The summed E-state index contributed by atoms with van der Waals surface area (Å²) in [5.74, 6) is 0.350. The fourth-order valence-corrected chi connectivity index (χ4v) is 2.99. The van der Waals surface area contributed by atoms with Gasteiger partial charge in [-0.15, -0.1) is 0 Å². The zero-order valence-electron chi connectivity index (χ0n) is 16.5. The molecular formula is C21H24N6O2. The van der Waals surface area contributed by atoms with Gasteiger partial charge in [0.25, 0.3) is 5.56 Å². The predicted molar refractivity (Wildman–Crippen MR) is 113 cm³/mol. The van der Waals surface area contributed by atoms with E-state index in [1.165, 1.54) is 10.1 Å². The molecule has 0 aliphatic carbocycles. The number of hydrogen-bond acceptors (Lipinski definition) is 6. The van der Waals surface area contributed by atoms with Crippen molar-refractivity contribution in [2.75, 3.05) is 24.6 Å². The van der Waals surface area contributed by atoms with E-state index in [4.69, 9.17) is 5.73 Å². The molecule has 2 heterocycles. The number of aromatic nitrogens is 3. The quantitative estimate of drug-likeness (QED) is 0.561. The first-order chi connectivity index (χ1) is 14.0. The van der Waals surface area contributed by atoms with Gasteiger partial charge in [0.05, 0.1) is 12.1 Å². The number of nitrogens with one attached hydrogen (secondary N) is 2. The molecule has 0 aliphatic rings. The van der Waals surface area contributed by atoms with Gasteiger partial charge in [-0.1, -0.05) is 30.3 Å². The first-order valence-electron chi connectivity index (χ1n) is 9.32. The van der Waals surface area contributed by atoms with Crippen LogP contribution >= 0.6 is 0 Å². The SMILES string of the molecule is CNC(=O)Cc1ccnc(-n2c(C)cnc(NCCc3ccccc3)c2=O)c1N. The lowest BCUT2D eigenvalue weighted by molar-refractivity contribution is -0.119. The molecule has 0 aliphatic heterocycles. The molecule has 0 fully saturated rings. The summed E-state index contributed by atoms with van der Waals surface area (Å²) in [7, 11) is 1.56. The molecule has 3 aromatic rings. The maximum atomic E-state index is 13.0. The fraction of sp³-hybridized carbons (Fsp3) is 0.238. The molecule has 0 unspecified atom stereocenters. The summed E-state index contributed by atoms with van der Waals surface area (Å²) >= 11 is 0. The number of pyridine rings is 1. The Morgan fingerprint density at radius 2 is 1.93 bits per heavy atom. The predicted octanol–water partition coefficient (Wildman–Crippen LogP) is 1.46. The Morgan fingerprint density at radius 1 is 1.17 bits per heavy atom. The Hall–Kier alpha value is -3.68. The van der Waals surface area contributed by atoms with Crippen molar-refractivity contribution in [1.29, 1.82) is 0 Å². The van der Waals surface area contributed by atoms with Crippen molar-refractivity contribution in [2.24, 2.45) is 0 Å². The minimum atomic E-state index is -0.339. The van der Waals surface area contributed by atoms with Crippen molar-refractivity contribution in [1.82, 2.24) is 19.9 Å². The van der Waals surface area contributed by atoms with Crippen LogP contribution in [0.5, 0.6) is 0 Å². The molecule has 1 aromatic carbocycles. The van der Waals surface area contributed by atoms with Crippen LogP contribution in [0.25, 0.3) is 5.82 Å². The molecule has 0 saturated carbocycles. The van der Waals surface area contributed by atoms with Gasteiger partial charge in [-0.2, -0.15) is 0 Å². The van der Waals surface area contributed by atoms with Gasteiger partial charge in [0, 0.05) is 31.7 Å². The number of nitrogens with two attached hydrogens (primary N) is 1. The smallest absolute Gasteiger partial charge is 0.299 e. The van der Waals surface area contributed by atoms with Crippen molar-refractivity contribution in [3.8, 4) is 5.82 Å². The van der Waals surface area contributed by atoms with Gasteiger partial charge in [0.15, 0.2) is 11.6 Å². The van der Waals surface area contributed by atoms with E-state index in [0.29, 0.717) is 29.3 Å². The summed E-state index contributed by atoms with van der Waals surface area (Å²) in [5.41, 5.74) is 8.57. The third-order valence-electron chi connectivity index (χ3n) is 4.59. The van der Waals surface area contributed by atoms with E-state index in [1.807, 2.05) is 30.3 Å². The second kappa shape index (κ2) is 9.01. The van der Waals surface area contributed by atoms with Gasteiger partial charge in [-0.05, 0) is 30.5 Å². The van der Waals surface area contributed by atoms with Gasteiger partial charge in [-0.3, -0.25) is 14.2 Å². The largest absolute Gasteiger partial charge is 0.395 e. The number of benzene rings is 1. The second-order valence-electron chi connectivity index (χ2n) is 6.61. The maximum absolute atomic E-state index is 13.0. The summed E-state index contributed by atoms with van der Waals surface area (Å²) in [6, 6.07) is 11.7. The van der Waals surface area contributed by atoms with Crippen LogP contribution in [-0.2, 0) is 17.6 Å². The molecular weight excluding hydrogens is 368 g/mol. The topological polar surface area (TPSA) is 115 Å². The highest BCUT2D eigenvalue weighted by Crippen LogP contribution is 2.20. The number of nitrogens with zero attached hydrogens (tertiary/aromatic N) is 3. The molecule has 2 aromatic heterocycles. The van der Waals surface area contributed by atoms with Crippen LogP contribution in [0.2, 0.25) is 0 Å². The Bertz CT molecular complexity index is 1060. The Labute approximate surface area is 168 Å². The highest BCUT2D eigenvalue weighted by atomic mass is 16.1. The summed E-state index contributed by atoms with van der Waals surface area (Å²) in [6.07, 6.45) is 4.01. The molecule has 8 nitrogen and oxygen atoms in total. The molecule has 0 saturated heterocycles. The number of nitrogen functional groups attached to an aromatic ring is 1.